The van der Waals surface area contributed by atoms with Gasteiger partial charge in [0.05, 0.1) is 39.0 Å². The van der Waals surface area contributed by atoms with Crippen molar-refractivity contribution in [1.82, 2.24) is 9.80 Å². The second-order valence-corrected chi connectivity index (χ2v) is 9.84. The lowest BCUT2D eigenvalue weighted by Gasteiger charge is -2.30. The number of para-hydroxylation sites is 1. The molecule has 0 spiro atoms. The van der Waals surface area contributed by atoms with E-state index < -0.39 is 17.7 Å². The van der Waals surface area contributed by atoms with Gasteiger partial charge in [0.25, 0.3) is 11.7 Å². The fourth-order valence-electron chi connectivity index (χ4n) is 5.58. The van der Waals surface area contributed by atoms with Crippen molar-refractivity contribution in [2.75, 3.05) is 53.6 Å². The smallest absolute Gasteiger partial charge is 0.295 e. The van der Waals surface area contributed by atoms with E-state index in [0.29, 0.717) is 55.2 Å². The van der Waals surface area contributed by atoms with E-state index in [4.69, 9.17) is 18.9 Å². The van der Waals surface area contributed by atoms with Crippen LogP contribution < -0.4 is 14.2 Å². The van der Waals surface area contributed by atoms with Crippen LogP contribution in [0.15, 0.2) is 42.0 Å². The molecule has 3 aliphatic heterocycles. The average molecular weight is 523 g/mol. The summed E-state index contributed by atoms with van der Waals surface area (Å²) in [6.45, 7) is 6.17. The molecule has 0 radical (unpaired) electrons. The van der Waals surface area contributed by atoms with Crippen LogP contribution in [0.1, 0.15) is 36.1 Å². The molecule has 2 saturated heterocycles. The van der Waals surface area contributed by atoms with Gasteiger partial charge in [-0.05, 0) is 43.2 Å². The summed E-state index contributed by atoms with van der Waals surface area (Å²) >= 11 is 0. The van der Waals surface area contributed by atoms with Crippen molar-refractivity contribution in [3.05, 3.63) is 58.7 Å². The molecule has 2 unspecified atom stereocenters. The van der Waals surface area contributed by atoms with E-state index in [1.54, 1.807) is 35.2 Å². The van der Waals surface area contributed by atoms with Crippen LogP contribution >= 0.6 is 0 Å². The number of fused-ring (bicyclic) bond motifs is 1. The van der Waals surface area contributed by atoms with Gasteiger partial charge in [-0.1, -0.05) is 12.1 Å². The third-order valence-corrected chi connectivity index (χ3v) is 7.41. The topological polar surface area (TPSA) is 97.8 Å². The van der Waals surface area contributed by atoms with E-state index >= 15 is 0 Å². The molecule has 38 heavy (non-hydrogen) atoms. The quantitative estimate of drug-likeness (QED) is 0.321. The van der Waals surface area contributed by atoms with E-state index in [0.717, 1.165) is 30.9 Å². The number of amides is 1. The first-order chi connectivity index (χ1) is 18.4. The van der Waals surface area contributed by atoms with Gasteiger partial charge in [0.1, 0.15) is 17.6 Å². The summed E-state index contributed by atoms with van der Waals surface area (Å²) in [5.41, 5.74) is 2.05. The van der Waals surface area contributed by atoms with Gasteiger partial charge in [-0.15, -0.1) is 0 Å². The standard InChI is InChI=1S/C29H34N2O7/c1-18-16-20-17-19(8-9-22(20)38-18)26(32)24-25(21-6-4-7-23(35-2)28(21)36-3)31(29(34)27(24)33)11-5-10-30-12-14-37-15-13-30/h4,6-9,17-18,25,32H,5,10-16H2,1-3H3. The molecule has 202 valence electrons. The molecule has 9 nitrogen and oxygen atoms in total. The molecule has 9 heteroatoms. The zero-order valence-corrected chi connectivity index (χ0v) is 22.1. The van der Waals surface area contributed by atoms with Gasteiger partial charge in [-0.2, -0.15) is 0 Å². The lowest BCUT2D eigenvalue weighted by Crippen LogP contribution is -2.39. The maximum Gasteiger partial charge on any atom is 0.295 e. The first kappa shape index (κ1) is 26.1. The molecule has 1 amide bonds. The molecule has 2 aromatic carbocycles. The number of hydrogen-bond donors (Lipinski definition) is 1. The van der Waals surface area contributed by atoms with Gasteiger partial charge >= 0.3 is 0 Å². The Morgan fingerprint density at radius 2 is 1.87 bits per heavy atom. The highest BCUT2D eigenvalue weighted by Gasteiger charge is 2.47. The van der Waals surface area contributed by atoms with E-state index in [-0.39, 0.29) is 17.4 Å². The van der Waals surface area contributed by atoms with Crippen molar-refractivity contribution in [2.45, 2.75) is 31.9 Å². The Labute approximate surface area is 222 Å². The molecule has 3 aliphatic rings. The van der Waals surface area contributed by atoms with Crippen LogP contribution in [0.2, 0.25) is 0 Å². The number of aliphatic hydroxyl groups is 1. The normalized spacial score (nSPS) is 22.9. The minimum absolute atomic E-state index is 0.0415. The molecule has 2 aromatic rings. The first-order valence-electron chi connectivity index (χ1n) is 13.0. The molecule has 0 bridgehead atoms. The predicted molar refractivity (Wildman–Crippen MR) is 141 cm³/mol. The number of ketones is 1. The molecule has 1 N–H and O–H groups in total. The number of carbonyl (C=O) groups is 2. The van der Waals surface area contributed by atoms with Crippen LogP contribution in [0.25, 0.3) is 5.76 Å². The Morgan fingerprint density at radius 1 is 1.08 bits per heavy atom. The number of morpholine rings is 1. The Bertz CT molecular complexity index is 1250. The molecule has 2 fully saturated rings. The summed E-state index contributed by atoms with van der Waals surface area (Å²) in [5.74, 6) is 0.102. The number of Topliss-reactive ketones (excluding diaryl/α,β-unsaturated/α-hetero) is 1. The van der Waals surface area contributed by atoms with Crippen molar-refractivity contribution >= 4 is 17.4 Å². The summed E-state index contributed by atoms with van der Waals surface area (Å²) in [5, 5.41) is 11.5. The second-order valence-electron chi connectivity index (χ2n) is 9.84. The van der Waals surface area contributed by atoms with Gasteiger partial charge in [0.2, 0.25) is 0 Å². The number of methoxy groups -OCH3 is 2. The molecule has 3 heterocycles. The van der Waals surface area contributed by atoms with Crippen LogP contribution in [0.3, 0.4) is 0 Å². The second kappa shape index (κ2) is 11.0. The van der Waals surface area contributed by atoms with E-state index in [9.17, 15) is 14.7 Å². The minimum Gasteiger partial charge on any atom is -0.507 e. The highest BCUT2D eigenvalue weighted by molar-refractivity contribution is 6.46. The SMILES string of the molecule is COc1cccc(C2C(=C(O)c3ccc4c(c3)CC(C)O4)C(=O)C(=O)N2CCCN2CCOCC2)c1OC. The highest BCUT2D eigenvalue weighted by Crippen LogP contribution is 2.46. The van der Waals surface area contributed by atoms with Crippen LogP contribution in [-0.4, -0.2) is 86.3 Å². The molecular weight excluding hydrogens is 488 g/mol. The monoisotopic (exact) mass is 522 g/mol. The van der Waals surface area contributed by atoms with Crippen LogP contribution in [0.5, 0.6) is 17.2 Å². The number of likely N-dealkylation sites (tertiary alicyclic amines) is 1. The molecule has 5 rings (SSSR count). The lowest BCUT2D eigenvalue weighted by atomic mass is 9.93. The van der Waals surface area contributed by atoms with Crippen molar-refractivity contribution in [1.29, 1.82) is 0 Å². The summed E-state index contributed by atoms with van der Waals surface area (Å²) in [4.78, 5) is 30.7. The number of carbonyl (C=O) groups excluding carboxylic acids is 2. The lowest BCUT2D eigenvalue weighted by molar-refractivity contribution is -0.140. The number of rotatable bonds is 8. The fraction of sp³-hybridized carbons (Fsp3) is 0.448. The van der Waals surface area contributed by atoms with E-state index in [2.05, 4.69) is 4.90 Å². The molecule has 0 aromatic heterocycles. The Morgan fingerprint density at radius 3 is 2.61 bits per heavy atom. The largest absolute Gasteiger partial charge is 0.507 e. The van der Waals surface area contributed by atoms with Crippen LogP contribution in [-0.2, 0) is 20.7 Å². The molecule has 0 aliphatic carbocycles. The summed E-state index contributed by atoms with van der Waals surface area (Å²) in [6.07, 6.45) is 1.42. The summed E-state index contributed by atoms with van der Waals surface area (Å²) in [7, 11) is 3.06. The van der Waals surface area contributed by atoms with Gasteiger partial charge in [-0.25, -0.2) is 0 Å². The zero-order valence-electron chi connectivity index (χ0n) is 22.1. The van der Waals surface area contributed by atoms with Gasteiger partial charge in [-0.3, -0.25) is 14.5 Å². The first-order valence-corrected chi connectivity index (χ1v) is 13.0. The third-order valence-electron chi connectivity index (χ3n) is 7.41. The zero-order chi connectivity index (χ0) is 26.8. The van der Waals surface area contributed by atoms with Crippen molar-refractivity contribution in [3.63, 3.8) is 0 Å². The summed E-state index contributed by atoms with van der Waals surface area (Å²) < 4.78 is 22.4. The van der Waals surface area contributed by atoms with Crippen LogP contribution in [0.4, 0.5) is 0 Å². The Kier molecular flexibility index (Phi) is 7.58. The minimum atomic E-state index is -0.826. The maximum absolute atomic E-state index is 13.5. The number of hydrogen-bond acceptors (Lipinski definition) is 8. The number of nitrogens with zero attached hydrogens (tertiary/aromatic N) is 2. The van der Waals surface area contributed by atoms with Crippen molar-refractivity contribution in [3.8, 4) is 17.2 Å². The predicted octanol–water partition coefficient (Wildman–Crippen LogP) is 3.17. The van der Waals surface area contributed by atoms with Gasteiger partial charge in [0.15, 0.2) is 11.5 Å². The van der Waals surface area contributed by atoms with Crippen molar-refractivity contribution < 1.29 is 33.6 Å². The van der Waals surface area contributed by atoms with Gasteiger partial charge in [0, 0.05) is 43.7 Å². The van der Waals surface area contributed by atoms with E-state index in [1.807, 2.05) is 13.0 Å². The van der Waals surface area contributed by atoms with Gasteiger partial charge < -0.3 is 29.0 Å². The average Bonchev–Trinajstić information content (AvgIpc) is 3.43. The Balaban J connectivity index is 1.55. The van der Waals surface area contributed by atoms with Crippen LogP contribution in [0, 0.1) is 0 Å². The number of benzene rings is 2. The molecule has 2 atom stereocenters. The number of ether oxygens (including phenoxy) is 4. The fourth-order valence-corrected chi connectivity index (χ4v) is 5.58. The number of aliphatic hydroxyl groups excluding tert-OH is 1. The Hall–Kier alpha value is -3.56. The van der Waals surface area contributed by atoms with Crippen molar-refractivity contribution in [2.24, 2.45) is 0 Å². The van der Waals surface area contributed by atoms with E-state index in [1.165, 1.54) is 14.2 Å². The maximum atomic E-state index is 13.5. The molecule has 0 saturated carbocycles. The third kappa shape index (κ3) is 4.83. The highest BCUT2D eigenvalue weighted by atomic mass is 16.5. The molecular formula is C29H34N2O7. The summed E-state index contributed by atoms with van der Waals surface area (Å²) in [6, 6.07) is 9.88.